The second-order valence-electron chi connectivity index (χ2n) is 0. The fraction of sp³-hybridized carbons (Fsp3) is 0. The van der Waals surface area contributed by atoms with Gasteiger partial charge in [-0.05, 0) is 0 Å². The first-order valence-electron chi connectivity index (χ1n) is 0. The molecule has 0 aromatic rings. The van der Waals surface area contributed by atoms with Gasteiger partial charge in [0.2, 0.25) is 0 Å². The van der Waals surface area contributed by atoms with Crippen molar-refractivity contribution in [2.75, 3.05) is 0 Å². The van der Waals surface area contributed by atoms with Gasteiger partial charge >= 0.3 is 126 Å². The zero-order chi connectivity index (χ0) is 0. The first-order chi connectivity index (χ1) is 0. The average molecular weight is 490 g/mol. The van der Waals surface area contributed by atoms with Gasteiger partial charge in [0.1, 0.15) is 0 Å². The van der Waals surface area contributed by atoms with Crippen molar-refractivity contribution in [2.45, 2.75) is 0 Å². The third-order valence-electron chi connectivity index (χ3n) is 0. The molecule has 7 nitrogen and oxygen atoms in total. The predicted octanol–water partition coefficient (Wildman–Crippen LogP) is -0.837. The van der Waals surface area contributed by atoms with Crippen LogP contribution in [0.3, 0.4) is 0 Å². The van der Waals surface area contributed by atoms with Gasteiger partial charge in [-0.15, -0.1) is 0 Å². The minimum absolute atomic E-state index is 0. The molecule has 11 heteroatoms. The molecule has 11 heavy (non-hydrogen) atoms. The molecule has 0 aliphatic heterocycles. The smallest absolute Gasteiger partial charge is 2.00 e. The van der Waals surface area contributed by atoms with Gasteiger partial charge in [0.25, 0.3) is 0 Å². The summed E-state index contributed by atoms with van der Waals surface area (Å²) in [5.41, 5.74) is 0. The van der Waals surface area contributed by atoms with E-state index in [0.29, 0.717) is 0 Å². The quantitative estimate of drug-likeness (QED) is 0.383. The van der Waals surface area contributed by atoms with Crippen molar-refractivity contribution in [3.05, 3.63) is 0 Å². The Balaban J connectivity index is 0. The van der Waals surface area contributed by atoms with Crippen molar-refractivity contribution in [2.24, 2.45) is 0 Å². The van der Waals surface area contributed by atoms with Crippen LogP contribution in [0.4, 0.5) is 0 Å². The Labute approximate surface area is 161 Å². The maximum atomic E-state index is 0. The maximum Gasteiger partial charge on any atom is 4.00 e. The average Bonchev–Trinajstić information content (AvgIpc) is 0. The van der Waals surface area contributed by atoms with Gasteiger partial charge in [0.15, 0.2) is 0 Å². The molecule has 0 fully saturated rings. The Hall–Kier alpha value is 3.88. The molecular weight excluding hydrogens is 490 g/mol. The maximum absolute atomic E-state index is 0. The fourth-order valence-electron chi connectivity index (χ4n) is 0. The van der Waals surface area contributed by atoms with Gasteiger partial charge in [-0.25, -0.2) is 0 Å². The third-order valence-corrected chi connectivity index (χ3v) is 0. The van der Waals surface area contributed by atoms with Crippen LogP contribution in [-0.4, -0.2) is 0 Å². The summed E-state index contributed by atoms with van der Waals surface area (Å²) >= 11 is 0. The van der Waals surface area contributed by atoms with Crippen LogP contribution < -0.4 is 0 Å². The van der Waals surface area contributed by atoms with E-state index in [0.717, 1.165) is 0 Å². The Bertz CT molecular complexity index is 14.4. The van der Waals surface area contributed by atoms with Crippen LogP contribution in [0.15, 0.2) is 0 Å². The molecule has 0 aliphatic rings. The van der Waals surface area contributed by atoms with E-state index in [1.54, 1.807) is 0 Å². The first kappa shape index (κ1) is 191. The minimum Gasteiger partial charge on any atom is -2.00 e. The molecule has 0 atom stereocenters. The minimum atomic E-state index is 0. The summed E-state index contributed by atoms with van der Waals surface area (Å²) in [4.78, 5) is 0. The third kappa shape index (κ3) is 130. The van der Waals surface area contributed by atoms with Crippen molar-refractivity contribution in [3.8, 4) is 0 Å². The molecule has 0 amide bonds. The molecule has 56 valence electrons. The predicted molar refractivity (Wildman–Crippen MR) is 4.81 cm³/mol. The largest absolute Gasteiger partial charge is 4.00 e. The van der Waals surface area contributed by atoms with Crippen LogP contribution >= 0.6 is 0 Å². The van der Waals surface area contributed by atoms with Gasteiger partial charge in [0, 0.05) is 0 Å². The monoisotopic (exact) mass is 490 g/mol. The molecule has 0 bridgehead atoms. The van der Waals surface area contributed by atoms with Crippen molar-refractivity contribution < 1.29 is 164 Å². The Kier molecular flexibility index (Phi) is 2650. The topological polar surface area (TPSA) is 200 Å². The molecule has 0 rings (SSSR count). The Morgan fingerprint density at radius 2 is 0.273 bits per heavy atom. The van der Waals surface area contributed by atoms with Crippen LogP contribution in [0.25, 0.3) is 0 Å². The summed E-state index contributed by atoms with van der Waals surface area (Å²) in [5, 5.41) is 0. The second-order valence-corrected chi connectivity index (χ2v) is 0. The van der Waals surface area contributed by atoms with E-state index in [9.17, 15) is 0 Å². The van der Waals surface area contributed by atoms with E-state index in [1.165, 1.54) is 0 Å². The van der Waals surface area contributed by atoms with Crippen molar-refractivity contribution in [1.29, 1.82) is 0 Å². The molecule has 0 aromatic carbocycles. The molecular formula is O7Pr2Ti2. The van der Waals surface area contributed by atoms with Crippen molar-refractivity contribution in [3.63, 3.8) is 0 Å². The van der Waals surface area contributed by atoms with Crippen LogP contribution in [0, 0.1) is 82.6 Å². The fourth-order valence-corrected chi connectivity index (χ4v) is 0. The summed E-state index contributed by atoms with van der Waals surface area (Å²) < 4.78 is 0. The molecule has 0 aromatic heterocycles. The van der Waals surface area contributed by atoms with Crippen molar-refractivity contribution >= 4 is 0 Å². The normalized spacial score (nSPS) is 0. The van der Waals surface area contributed by atoms with Crippen LogP contribution in [0.2, 0.25) is 0 Å². The summed E-state index contributed by atoms with van der Waals surface area (Å²) in [6.45, 7) is 0. The van der Waals surface area contributed by atoms with E-state index in [-0.39, 0.29) is 164 Å². The van der Waals surface area contributed by atoms with E-state index >= 15 is 0 Å². The summed E-state index contributed by atoms with van der Waals surface area (Å²) in [6.07, 6.45) is 0. The Morgan fingerprint density at radius 1 is 0.273 bits per heavy atom. The first-order valence-corrected chi connectivity index (χ1v) is 0. The van der Waals surface area contributed by atoms with Gasteiger partial charge in [-0.2, -0.15) is 0 Å². The van der Waals surface area contributed by atoms with E-state index in [2.05, 4.69) is 0 Å². The zero-order valence-electron chi connectivity index (χ0n) is 5.01. The van der Waals surface area contributed by atoms with Crippen LogP contribution in [0.1, 0.15) is 0 Å². The summed E-state index contributed by atoms with van der Waals surface area (Å²) in [7, 11) is 0. The molecule has 0 saturated heterocycles. The number of hydrogen-bond acceptors (Lipinski definition) is 0. The van der Waals surface area contributed by atoms with Gasteiger partial charge in [-0.3, -0.25) is 0 Å². The molecule has 0 aliphatic carbocycles. The van der Waals surface area contributed by atoms with Crippen LogP contribution in [-0.2, 0) is 81.8 Å². The van der Waals surface area contributed by atoms with Crippen LogP contribution in [0.5, 0.6) is 0 Å². The number of rotatable bonds is 0. The van der Waals surface area contributed by atoms with E-state index in [4.69, 9.17) is 0 Å². The zero-order valence-corrected chi connectivity index (χ0v) is 15.5. The Morgan fingerprint density at radius 3 is 0.273 bits per heavy atom. The SMILES string of the molecule is [O-2].[O-2].[O-2].[O-2].[O-2].[O-2].[O-2].[Pr+3].[Pr+3].[Ti+4].[Ti+4]. The summed E-state index contributed by atoms with van der Waals surface area (Å²) in [6, 6.07) is 0. The molecule has 0 saturated carbocycles. The molecule has 0 N–H and O–H groups in total. The van der Waals surface area contributed by atoms with Crippen molar-refractivity contribution in [1.82, 2.24) is 0 Å². The van der Waals surface area contributed by atoms with Gasteiger partial charge in [-0.1, -0.05) is 0 Å². The van der Waals surface area contributed by atoms with E-state index in [1.807, 2.05) is 0 Å². The molecule has 0 radical (unpaired) electrons. The van der Waals surface area contributed by atoms with E-state index < -0.39 is 0 Å². The second kappa shape index (κ2) is 153. The summed E-state index contributed by atoms with van der Waals surface area (Å²) in [5.74, 6) is 0. The van der Waals surface area contributed by atoms with Gasteiger partial charge in [0.05, 0.1) is 0 Å². The molecule has 0 heterocycles. The van der Waals surface area contributed by atoms with Gasteiger partial charge < -0.3 is 38.3 Å². The standard InChI is InChI=1S/7O.2Pr.2Ti/q7*-2;2*+3;2*+4. The number of hydrogen-bond donors (Lipinski definition) is 0. The molecule has 0 unspecified atom stereocenters. The molecule has 0 spiro atoms.